The molecule has 4 heteroatoms. The molecule has 2 nitrogen and oxygen atoms in total. The zero-order chi connectivity index (χ0) is 7.56. The largest absolute Gasteiger partial charge is 0.245 e. The van der Waals surface area contributed by atoms with Crippen molar-refractivity contribution in [3.63, 3.8) is 0 Å². The highest BCUT2D eigenvalue weighted by Crippen LogP contribution is 2.20. The van der Waals surface area contributed by atoms with Gasteiger partial charge in [-0.1, -0.05) is 11.6 Å². The van der Waals surface area contributed by atoms with E-state index in [9.17, 15) is 4.39 Å². The molecule has 0 aliphatic carbocycles. The van der Waals surface area contributed by atoms with Gasteiger partial charge in [-0.2, -0.15) is 5.26 Å². The lowest BCUT2D eigenvalue weighted by Gasteiger charge is -2.07. The van der Waals surface area contributed by atoms with E-state index in [1.807, 2.05) is 6.07 Å². The summed E-state index contributed by atoms with van der Waals surface area (Å²) in [6.07, 6.45) is 1.09. The number of rotatable bonds is 0. The molecule has 0 radical (unpaired) electrons. The third kappa shape index (κ3) is 1.34. The fourth-order valence-corrected chi connectivity index (χ4v) is 0.827. The molecule has 52 valence electrons. The molecule has 1 aliphatic rings. The van der Waals surface area contributed by atoms with Crippen LogP contribution in [0.1, 0.15) is 6.42 Å². The van der Waals surface area contributed by atoms with Gasteiger partial charge < -0.3 is 0 Å². The molecule has 1 atom stereocenters. The van der Waals surface area contributed by atoms with Crippen molar-refractivity contribution in [2.45, 2.75) is 6.42 Å². The van der Waals surface area contributed by atoms with Gasteiger partial charge in [0, 0.05) is 6.42 Å². The van der Waals surface area contributed by atoms with E-state index in [-0.39, 0.29) is 11.6 Å². The molecular formula is C6H4ClFN2. The minimum absolute atomic E-state index is 0.0544. The normalized spacial score (nSPS) is 24.7. The Morgan fingerprint density at radius 1 is 1.90 bits per heavy atom. The van der Waals surface area contributed by atoms with Gasteiger partial charge in [-0.25, -0.2) is 9.38 Å². The molecule has 1 heterocycles. The number of halogens is 2. The SMILES string of the molecule is N#CC1CC(F)=CN=C1Cl. The number of hydrogen-bond donors (Lipinski definition) is 0. The van der Waals surface area contributed by atoms with Crippen molar-refractivity contribution in [2.75, 3.05) is 0 Å². The van der Waals surface area contributed by atoms with Crippen LogP contribution in [0.25, 0.3) is 0 Å². The standard InChI is InChI=1S/C6H4ClFN2/c7-6-4(2-9)1-5(8)3-10-6/h3-4H,1H2. The molecule has 0 saturated heterocycles. The molecular weight excluding hydrogens is 155 g/mol. The number of nitrogens with zero attached hydrogens (tertiary/aromatic N) is 2. The van der Waals surface area contributed by atoms with Crippen molar-refractivity contribution in [3.8, 4) is 6.07 Å². The van der Waals surface area contributed by atoms with E-state index < -0.39 is 11.7 Å². The molecule has 1 rings (SSSR count). The van der Waals surface area contributed by atoms with Crippen LogP contribution in [0.15, 0.2) is 17.0 Å². The monoisotopic (exact) mass is 158 g/mol. The second-order valence-corrected chi connectivity index (χ2v) is 2.30. The highest BCUT2D eigenvalue weighted by atomic mass is 35.5. The molecule has 10 heavy (non-hydrogen) atoms. The first-order chi connectivity index (χ1) is 4.74. The maximum Gasteiger partial charge on any atom is 0.123 e. The summed E-state index contributed by atoms with van der Waals surface area (Å²) in [5, 5.41) is 8.54. The lowest BCUT2D eigenvalue weighted by Crippen LogP contribution is -2.09. The van der Waals surface area contributed by atoms with Crippen molar-refractivity contribution in [1.82, 2.24) is 0 Å². The van der Waals surface area contributed by atoms with Gasteiger partial charge in [0.05, 0.1) is 12.3 Å². The molecule has 1 unspecified atom stereocenters. The summed E-state index contributed by atoms with van der Waals surface area (Å²) in [5.74, 6) is -0.984. The van der Waals surface area contributed by atoms with Crippen molar-refractivity contribution in [1.29, 1.82) is 5.26 Å². The van der Waals surface area contributed by atoms with Crippen LogP contribution in [-0.4, -0.2) is 5.17 Å². The van der Waals surface area contributed by atoms with E-state index in [0.29, 0.717) is 0 Å². The Morgan fingerprint density at radius 3 is 3.10 bits per heavy atom. The molecule has 0 aromatic rings. The zero-order valence-corrected chi connectivity index (χ0v) is 5.77. The van der Waals surface area contributed by atoms with Crippen LogP contribution in [0.5, 0.6) is 0 Å². The molecule has 0 aromatic carbocycles. The highest BCUT2D eigenvalue weighted by Gasteiger charge is 2.18. The maximum atomic E-state index is 12.3. The third-order valence-electron chi connectivity index (χ3n) is 1.17. The molecule has 0 spiro atoms. The first-order valence-electron chi connectivity index (χ1n) is 2.71. The van der Waals surface area contributed by atoms with Gasteiger partial charge in [0.25, 0.3) is 0 Å². The second kappa shape index (κ2) is 2.80. The van der Waals surface area contributed by atoms with Crippen molar-refractivity contribution in [3.05, 3.63) is 12.0 Å². The van der Waals surface area contributed by atoms with Gasteiger partial charge in [0.2, 0.25) is 0 Å². The van der Waals surface area contributed by atoms with Crippen molar-refractivity contribution in [2.24, 2.45) is 10.9 Å². The Balaban J connectivity index is 2.81. The molecule has 0 N–H and O–H groups in total. The summed E-state index contributed by atoms with van der Waals surface area (Å²) in [5.41, 5.74) is 0. The fraction of sp³-hybridized carbons (Fsp3) is 0.333. The summed E-state index contributed by atoms with van der Waals surface area (Å²) in [7, 11) is 0. The van der Waals surface area contributed by atoms with E-state index in [1.54, 1.807) is 0 Å². The predicted molar refractivity (Wildman–Crippen MR) is 36.2 cm³/mol. The van der Waals surface area contributed by atoms with Crippen LogP contribution in [-0.2, 0) is 0 Å². The van der Waals surface area contributed by atoms with E-state index in [4.69, 9.17) is 16.9 Å². The van der Waals surface area contributed by atoms with E-state index >= 15 is 0 Å². The maximum absolute atomic E-state index is 12.3. The zero-order valence-electron chi connectivity index (χ0n) is 5.01. The predicted octanol–water partition coefficient (Wildman–Crippen LogP) is 1.98. The van der Waals surface area contributed by atoms with Crippen LogP contribution in [0.3, 0.4) is 0 Å². The second-order valence-electron chi connectivity index (χ2n) is 1.91. The molecule has 0 aromatic heterocycles. The summed E-state index contributed by atoms with van der Waals surface area (Å²) in [4.78, 5) is 3.49. The molecule has 0 fully saturated rings. The number of aliphatic imine (C=N–C) groups is 1. The average molecular weight is 159 g/mol. The summed E-state index contributed by atoms with van der Waals surface area (Å²) in [6.45, 7) is 0. The first kappa shape index (κ1) is 7.23. The van der Waals surface area contributed by atoms with Gasteiger partial charge in [-0.3, -0.25) is 0 Å². The third-order valence-corrected chi connectivity index (χ3v) is 1.53. The van der Waals surface area contributed by atoms with Gasteiger partial charge in [-0.05, 0) is 0 Å². The molecule has 0 amide bonds. The van der Waals surface area contributed by atoms with Gasteiger partial charge in [-0.15, -0.1) is 0 Å². The van der Waals surface area contributed by atoms with Crippen LogP contribution in [0.4, 0.5) is 4.39 Å². The number of hydrogen-bond acceptors (Lipinski definition) is 2. The average Bonchev–Trinajstić information content (AvgIpc) is 1.94. The minimum atomic E-state index is -0.591. The Hall–Kier alpha value is -0.880. The lowest BCUT2D eigenvalue weighted by molar-refractivity contribution is 0.565. The lowest BCUT2D eigenvalue weighted by atomic mass is 10.1. The molecule has 0 bridgehead atoms. The summed E-state index contributed by atoms with van der Waals surface area (Å²) >= 11 is 5.46. The van der Waals surface area contributed by atoms with Crippen molar-refractivity contribution >= 4 is 16.8 Å². The Kier molecular flexibility index (Phi) is 2.03. The first-order valence-corrected chi connectivity index (χ1v) is 3.09. The summed E-state index contributed by atoms with van der Waals surface area (Å²) < 4.78 is 12.3. The minimum Gasteiger partial charge on any atom is -0.245 e. The molecule has 0 saturated carbocycles. The quantitative estimate of drug-likeness (QED) is 0.531. The Morgan fingerprint density at radius 2 is 2.60 bits per heavy atom. The Labute approximate surface area is 62.6 Å². The van der Waals surface area contributed by atoms with Crippen LogP contribution in [0.2, 0.25) is 0 Å². The van der Waals surface area contributed by atoms with E-state index in [0.717, 1.165) is 6.20 Å². The smallest absolute Gasteiger partial charge is 0.123 e. The topological polar surface area (TPSA) is 36.1 Å². The summed E-state index contributed by atoms with van der Waals surface area (Å²) in [6, 6.07) is 1.84. The number of nitriles is 1. The number of allylic oxidation sites excluding steroid dienone is 1. The van der Waals surface area contributed by atoms with Crippen molar-refractivity contribution < 1.29 is 4.39 Å². The van der Waals surface area contributed by atoms with E-state index in [2.05, 4.69) is 4.99 Å². The fourth-order valence-electron chi connectivity index (χ4n) is 0.653. The van der Waals surface area contributed by atoms with Crippen LogP contribution in [0, 0.1) is 17.2 Å². The highest BCUT2D eigenvalue weighted by molar-refractivity contribution is 6.66. The van der Waals surface area contributed by atoms with Gasteiger partial charge in [0.1, 0.15) is 16.9 Å². The van der Waals surface area contributed by atoms with Gasteiger partial charge >= 0.3 is 0 Å². The van der Waals surface area contributed by atoms with E-state index in [1.165, 1.54) is 0 Å². The Bertz CT molecular complexity index is 239. The molecule has 1 aliphatic heterocycles. The van der Waals surface area contributed by atoms with Crippen LogP contribution < -0.4 is 0 Å². The van der Waals surface area contributed by atoms with Gasteiger partial charge in [0.15, 0.2) is 0 Å². The van der Waals surface area contributed by atoms with Crippen LogP contribution >= 0.6 is 11.6 Å².